The molecule has 4 heteroatoms. The summed E-state index contributed by atoms with van der Waals surface area (Å²) in [5.74, 6) is 0. The van der Waals surface area contributed by atoms with E-state index in [1.54, 1.807) is 0 Å². The lowest BCUT2D eigenvalue weighted by Crippen LogP contribution is -2.66. The van der Waals surface area contributed by atoms with Crippen molar-refractivity contribution in [1.82, 2.24) is 0 Å². The second-order valence-corrected chi connectivity index (χ2v) is 10.7. The van der Waals surface area contributed by atoms with Crippen LogP contribution >= 0.6 is 12.2 Å². The van der Waals surface area contributed by atoms with E-state index in [1.165, 1.54) is 10.4 Å². The predicted molar refractivity (Wildman–Crippen MR) is 98.6 cm³/mol. The number of aliphatic imine (C=N–C) groups is 1. The standard InChI is InChI=1S/C18H21NOSSi/c1-18(2,3)22(20-14-19-15-21,16-10-6-4-7-11-16)17-12-8-5-9-13-17/h4-13H,14H2,1-3H3. The second-order valence-electron chi connectivity index (χ2n) is 6.19. The zero-order valence-electron chi connectivity index (χ0n) is 13.2. The Morgan fingerprint density at radius 2 is 1.41 bits per heavy atom. The van der Waals surface area contributed by atoms with Crippen LogP contribution in [-0.2, 0) is 4.43 Å². The number of nitrogens with zero attached hydrogens (tertiary/aromatic N) is 1. The molecule has 114 valence electrons. The highest BCUT2D eigenvalue weighted by Gasteiger charge is 2.50. The van der Waals surface area contributed by atoms with Gasteiger partial charge in [-0.3, -0.25) is 0 Å². The molecule has 0 amide bonds. The highest BCUT2D eigenvalue weighted by molar-refractivity contribution is 7.78. The van der Waals surface area contributed by atoms with Crippen LogP contribution in [0.5, 0.6) is 0 Å². The lowest BCUT2D eigenvalue weighted by Gasteiger charge is -2.42. The smallest absolute Gasteiger partial charge is 0.263 e. The van der Waals surface area contributed by atoms with Gasteiger partial charge in [-0.15, -0.1) is 0 Å². The lowest BCUT2D eigenvalue weighted by molar-refractivity contribution is 0.311. The van der Waals surface area contributed by atoms with Crippen molar-refractivity contribution < 1.29 is 4.43 Å². The van der Waals surface area contributed by atoms with Gasteiger partial charge >= 0.3 is 0 Å². The first-order valence-electron chi connectivity index (χ1n) is 7.31. The Morgan fingerprint density at radius 3 is 1.77 bits per heavy atom. The number of benzene rings is 2. The molecule has 0 radical (unpaired) electrons. The fourth-order valence-corrected chi connectivity index (χ4v) is 7.38. The largest absolute Gasteiger partial charge is 0.388 e. The molecule has 0 spiro atoms. The van der Waals surface area contributed by atoms with Gasteiger partial charge in [0.05, 0.1) is 5.16 Å². The molecule has 0 fully saturated rings. The summed E-state index contributed by atoms with van der Waals surface area (Å²) in [6.07, 6.45) is 0. The molecular weight excluding hydrogens is 306 g/mol. The van der Waals surface area contributed by atoms with E-state index in [9.17, 15) is 0 Å². The lowest BCUT2D eigenvalue weighted by atomic mass is 10.2. The van der Waals surface area contributed by atoms with Crippen LogP contribution in [0.15, 0.2) is 65.7 Å². The van der Waals surface area contributed by atoms with E-state index in [0.29, 0.717) is 0 Å². The van der Waals surface area contributed by atoms with E-state index in [0.717, 1.165) is 0 Å². The molecule has 2 rings (SSSR count). The van der Waals surface area contributed by atoms with Crippen molar-refractivity contribution in [2.45, 2.75) is 25.8 Å². The van der Waals surface area contributed by atoms with Gasteiger partial charge in [0.2, 0.25) is 0 Å². The van der Waals surface area contributed by atoms with Gasteiger partial charge in [0.25, 0.3) is 8.32 Å². The fraction of sp³-hybridized carbons (Fsp3) is 0.278. The Labute approximate surface area is 139 Å². The molecule has 0 aliphatic heterocycles. The van der Waals surface area contributed by atoms with Crippen LogP contribution in [0, 0.1) is 0 Å². The minimum Gasteiger partial charge on any atom is -0.388 e. The molecular formula is C18H21NOSSi. The van der Waals surface area contributed by atoms with Gasteiger partial charge in [-0.1, -0.05) is 81.4 Å². The monoisotopic (exact) mass is 327 g/mol. The molecule has 0 N–H and O–H groups in total. The Morgan fingerprint density at radius 1 is 0.955 bits per heavy atom. The summed E-state index contributed by atoms with van der Waals surface area (Å²) in [7, 11) is -2.47. The van der Waals surface area contributed by atoms with Crippen LogP contribution in [-0.4, -0.2) is 20.2 Å². The quantitative estimate of drug-likeness (QED) is 0.475. The average Bonchev–Trinajstić information content (AvgIpc) is 2.52. The van der Waals surface area contributed by atoms with Gasteiger partial charge < -0.3 is 4.43 Å². The zero-order valence-corrected chi connectivity index (χ0v) is 15.1. The van der Waals surface area contributed by atoms with Crippen molar-refractivity contribution in [2.75, 3.05) is 6.73 Å². The van der Waals surface area contributed by atoms with Gasteiger partial charge in [0, 0.05) is 0 Å². The third kappa shape index (κ3) is 3.26. The summed E-state index contributed by atoms with van der Waals surface area (Å²) in [5.41, 5.74) is 0. The molecule has 0 saturated carbocycles. The Balaban J connectivity index is 2.66. The first kappa shape index (κ1) is 16.8. The molecule has 0 saturated heterocycles. The van der Waals surface area contributed by atoms with Crippen LogP contribution in [0.3, 0.4) is 0 Å². The molecule has 2 aromatic rings. The van der Waals surface area contributed by atoms with Crippen LogP contribution in [0.4, 0.5) is 0 Å². The molecule has 0 aliphatic carbocycles. The molecule has 0 bridgehead atoms. The van der Waals surface area contributed by atoms with Crippen molar-refractivity contribution in [3.8, 4) is 0 Å². The number of hydrogen-bond acceptors (Lipinski definition) is 3. The summed E-state index contributed by atoms with van der Waals surface area (Å²) in [4.78, 5) is 4.00. The predicted octanol–water partition coefficient (Wildman–Crippen LogP) is 3.62. The maximum absolute atomic E-state index is 6.45. The van der Waals surface area contributed by atoms with Gasteiger partial charge in [-0.05, 0) is 27.6 Å². The summed E-state index contributed by atoms with van der Waals surface area (Å²) >= 11 is 4.69. The molecule has 0 heterocycles. The van der Waals surface area contributed by atoms with Crippen LogP contribution in [0.2, 0.25) is 5.04 Å². The SMILES string of the molecule is CC(C)(C)[Si](OCN=C=S)(c1ccccc1)c1ccccc1. The topological polar surface area (TPSA) is 21.6 Å². The number of thiocarbonyl (C=S) groups is 1. The van der Waals surface area contributed by atoms with Gasteiger partial charge in [0.15, 0.2) is 0 Å². The van der Waals surface area contributed by atoms with Crippen molar-refractivity contribution in [2.24, 2.45) is 4.99 Å². The van der Waals surface area contributed by atoms with E-state index >= 15 is 0 Å². The summed E-state index contributed by atoms with van der Waals surface area (Å²) in [6, 6.07) is 21.0. The minimum atomic E-state index is -2.47. The molecule has 2 nitrogen and oxygen atoms in total. The van der Waals surface area contributed by atoms with Crippen molar-refractivity contribution in [3.63, 3.8) is 0 Å². The Kier molecular flexibility index (Phi) is 5.43. The maximum Gasteiger partial charge on any atom is 0.263 e. The van der Waals surface area contributed by atoms with Crippen molar-refractivity contribution in [1.29, 1.82) is 0 Å². The normalized spacial score (nSPS) is 11.8. The first-order chi connectivity index (χ1) is 10.5. The fourth-order valence-electron chi connectivity index (χ4n) is 2.92. The van der Waals surface area contributed by atoms with E-state index in [-0.39, 0.29) is 11.8 Å². The van der Waals surface area contributed by atoms with Crippen LogP contribution in [0.1, 0.15) is 20.8 Å². The van der Waals surface area contributed by atoms with E-state index in [1.807, 2.05) is 12.1 Å². The molecule has 22 heavy (non-hydrogen) atoms. The van der Waals surface area contributed by atoms with Gasteiger partial charge in [0.1, 0.15) is 6.73 Å². The molecule has 0 aliphatic rings. The molecule has 0 aromatic heterocycles. The molecule has 0 unspecified atom stereocenters. The summed E-state index contributed by atoms with van der Waals surface area (Å²) in [5, 5.41) is 4.85. The number of rotatable bonds is 5. The Bertz CT molecular complexity index is 606. The Hall–Kier alpha value is -1.58. The third-order valence-electron chi connectivity index (χ3n) is 3.83. The zero-order chi connectivity index (χ0) is 16.1. The minimum absolute atomic E-state index is 0.0350. The second kappa shape index (κ2) is 7.12. The maximum atomic E-state index is 6.45. The average molecular weight is 328 g/mol. The third-order valence-corrected chi connectivity index (χ3v) is 8.92. The van der Waals surface area contributed by atoms with E-state index < -0.39 is 8.32 Å². The van der Waals surface area contributed by atoms with Crippen molar-refractivity contribution >= 4 is 36.1 Å². The van der Waals surface area contributed by atoms with Crippen LogP contribution < -0.4 is 10.4 Å². The number of hydrogen-bond donors (Lipinski definition) is 0. The van der Waals surface area contributed by atoms with Crippen LogP contribution in [0.25, 0.3) is 0 Å². The highest BCUT2D eigenvalue weighted by Crippen LogP contribution is 2.36. The highest BCUT2D eigenvalue weighted by atomic mass is 32.1. The molecule has 2 aromatic carbocycles. The van der Waals surface area contributed by atoms with Gasteiger partial charge in [-0.25, -0.2) is 4.99 Å². The molecule has 0 atom stereocenters. The summed E-state index contributed by atoms with van der Waals surface area (Å²) in [6.45, 7) is 6.96. The summed E-state index contributed by atoms with van der Waals surface area (Å²) < 4.78 is 6.45. The number of isothiocyanates is 1. The van der Waals surface area contributed by atoms with E-state index in [2.05, 4.69) is 91.7 Å². The van der Waals surface area contributed by atoms with Gasteiger partial charge in [-0.2, -0.15) is 0 Å². The van der Waals surface area contributed by atoms with Crippen molar-refractivity contribution in [3.05, 3.63) is 60.7 Å². The first-order valence-corrected chi connectivity index (χ1v) is 9.62. The van der Waals surface area contributed by atoms with E-state index in [4.69, 9.17) is 4.43 Å².